The first-order valence-electron chi connectivity index (χ1n) is 9.67. The number of hydrogen-bond acceptors (Lipinski definition) is 3. The van der Waals surface area contributed by atoms with Crippen LogP contribution in [0.15, 0.2) is 24.3 Å². The van der Waals surface area contributed by atoms with Gasteiger partial charge in [0.2, 0.25) is 0 Å². The summed E-state index contributed by atoms with van der Waals surface area (Å²) < 4.78 is 1.92. The van der Waals surface area contributed by atoms with E-state index in [9.17, 15) is 9.59 Å². The molecule has 144 valence electrons. The molecule has 0 unspecified atom stereocenters. The van der Waals surface area contributed by atoms with Gasteiger partial charge in [-0.2, -0.15) is 0 Å². The number of carbonyl (C=O) groups is 2. The smallest absolute Gasteiger partial charge is 0.287 e. The predicted octanol–water partition coefficient (Wildman–Crippen LogP) is 2.84. The molecule has 3 rings (SSSR count). The van der Waals surface area contributed by atoms with Gasteiger partial charge in [-0.05, 0) is 37.7 Å². The van der Waals surface area contributed by atoms with Crippen LogP contribution in [0.1, 0.15) is 64.6 Å². The van der Waals surface area contributed by atoms with Crippen LogP contribution in [0.25, 0.3) is 0 Å². The van der Waals surface area contributed by atoms with Gasteiger partial charge < -0.3 is 15.2 Å². The molecule has 27 heavy (non-hydrogen) atoms. The van der Waals surface area contributed by atoms with Crippen LogP contribution in [0.5, 0.6) is 0 Å². The highest BCUT2D eigenvalue weighted by Crippen LogP contribution is 2.21. The van der Waals surface area contributed by atoms with Crippen molar-refractivity contribution in [3.05, 3.63) is 52.6 Å². The highest BCUT2D eigenvalue weighted by molar-refractivity contribution is 5.97. The first-order valence-corrected chi connectivity index (χ1v) is 9.67. The fourth-order valence-corrected chi connectivity index (χ4v) is 3.25. The van der Waals surface area contributed by atoms with Gasteiger partial charge in [-0.3, -0.25) is 9.59 Å². The number of rotatable bonds is 6. The Kier molecular flexibility index (Phi) is 5.94. The minimum atomic E-state index is -0.218. The van der Waals surface area contributed by atoms with E-state index < -0.39 is 0 Å². The van der Waals surface area contributed by atoms with Crippen molar-refractivity contribution in [2.24, 2.45) is 5.92 Å². The minimum absolute atomic E-state index is 0.204. The fourth-order valence-electron chi connectivity index (χ4n) is 3.25. The fraction of sp³-hybridized carbons (Fsp3) is 0.476. The molecule has 0 radical (unpaired) electrons. The van der Waals surface area contributed by atoms with Crippen LogP contribution in [-0.4, -0.2) is 27.9 Å². The molecule has 2 amide bonds. The molecular formula is C21H28N4O2. The average molecular weight is 368 g/mol. The van der Waals surface area contributed by atoms with Gasteiger partial charge in [-0.15, -0.1) is 0 Å². The third kappa shape index (κ3) is 4.56. The van der Waals surface area contributed by atoms with Crippen LogP contribution in [0.3, 0.4) is 0 Å². The van der Waals surface area contributed by atoms with E-state index in [1.54, 1.807) is 0 Å². The molecule has 0 aliphatic carbocycles. The molecule has 2 aromatic rings. The Bertz CT molecular complexity index is 821. The van der Waals surface area contributed by atoms with Gasteiger partial charge in [0.25, 0.3) is 11.8 Å². The van der Waals surface area contributed by atoms with E-state index in [1.165, 1.54) is 5.56 Å². The Labute approximate surface area is 160 Å². The van der Waals surface area contributed by atoms with Crippen LogP contribution in [0.4, 0.5) is 0 Å². The van der Waals surface area contributed by atoms with Gasteiger partial charge in [0.1, 0.15) is 5.69 Å². The zero-order valence-electron chi connectivity index (χ0n) is 16.3. The summed E-state index contributed by atoms with van der Waals surface area (Å²) in [6, 6.07) is 8.06. The molecule has 0 saturated heterocycles. The number of hydrogen-bond donors (Lipinski definition) is 2. The van der Waals surface area contributed by atoms with E-state index in [2.05, 4.69) is 15.6 Å². The number of fused-ring (bicyclic) bond motifs is 1. The first-order chi connectivity index (χ1) is 13.0. The third-order valence-corrected chi connectivity index (χ3v) is 4.78. The Hall–Kier alpha value is -2.63. The van der Waals surface area contributed by atoms with Crippen molar-refractivity contribution in [2.75, 3.05) is 6.54 Å². The summed E-state index contributed by atoms with van der Waals surface area (Å²) in [6.07, 6.45) is 2.78. The SMILES string of the molecule is Cc1ccc(CNC(=O)c2nc(C(=O)NCC(C)C)n3c2CCCC3)cc1. The average Bonchev–Trinajstić information content (AvgIpc) is 3.05. The number of benzene rings is 1. The molecule has 6 heteroatoms. The van der Waals surface area contributed by atoms with Crippen molar-refractivity contribution >= 4 is 11.8 Å². The molecule has 1 aliphatic heterocycles. The lowest BCUT2D eigenvalue weighted by atomic mass is 10.1. The number of amides is 2. The molecule has 0 atom stereocenters. The lowest BCUT2D eigenvalue weighted by Crippen LogP contribution is -2.30. The third-order valence-electron chi connectivity index (χ3n) is 4.78. The zero-order valence-corrected chi connectivity index (χ0v) is 16.3. The quantitative estimate of drug-likeness (QED) is 0.823. The van der Waals surface area contributed by atoms with Crippen molar-refractivity contribution in [1.29, 1.82) is 0 Å². The Morgan fingerprint density at radius 1 is 1.11 bits per heavy atom. The van der Waals surface area contributed by atoms with Crippen molar-refractivity contribution < 1.29 is 9.59 Å². The van der Waals surface area contributed by atoms with E-state index in [4.69, 9.17) is 0 Å². The molecule has 2 N–H and O–H groups in total. The van der Waals surface area contributed by atoms with Gasteiger partial charge in [-0.25, -0.2) is 4.98 Å². The second-order valence-corrected chi connectivity index (χ2v) is 7.61. The largest absolute Gasteiger partial charge is 0.349 e. The molecule has 0 bridgehead atoms. The molecular weight excluding hydrogens is 340 g/mol. The second kappa shape index (κ2) is 8.37. The van der Waals surface area contributed by atoms with E-state index >= 15 is 0 Å². The maximum atomic E-state index is 12.7. The van der Waals surface area contributed by atoms with Crippen molar-refractivity contribution in [3.63, 3.8) is 0 Å². The van der Waals surface area contributed by atoms with E-state index in [0.29, 0.717) is 30.5 Å². The van der Waals surface area contributed by atoms with E-state index in [1.807, 2.05) is 49.6 Å². The Morgan fingerprint density at radius 2 is 1.85 bits per heavy atom. The minimum Gasteiger partial charge on any atom is -0.349 e. The van der Waals surface area contributed by atoms with Crippen LogP contribution < -0.4 is 10.6 Å². The number of aromatic nitrogens is 2. The number of carbonyl (C=O) groups excluding carboxylic acids is 2. The molecule has 0 saturated carbocycles. The van der Waals surface area contributed by atoms with Crippen LogP contribution in [0.2, 0.25) is 0 Å². The van der Waals surface area contributed by atoms with Gasteiger partial charge in [0.05, 0.1) is 5.69 Å². The van der Waals surface area contributed by atoms with E-state index in [0.717, 1.165) is 37.1 Å². The topological polar surface area (TPSA) is 76.0 Å². The van der Waals surface area contributed by atoms with Crippen molar-refractivity contribution in [3.8, 4) is 0 Å². The summed E-state index contributed by atoms with van der Waals surface area (Å²) >= 11 is 0. The summed E-state index contributed by atoms with van der Waals surface area (Å²) in [5.41, 5.74) is 3.48. The lowest BCUT2D eigenvalue weighted by molar-refractivity contribution is 0.0933. The Morgan fingerprint density at radius 3 is 2.56 bits per heavy atom. The summed E-state index contributed by atoms with van der Waals surface area (Å²) in [7, 11) is 0. The summed E-state index contributed by atoms with van der Waals surface area (Å²) in [5, 5.41) is 5.85. The molecule has 0 spiro atoms. The number of nitrogens with one attached hydrogen (secondary N) is 2. The van der Waals surface area contributed by atoms with Crippen LogP contribution in [-0.2, 0) is 19.5 Å². The number of nitrogens with zero attached hydrogens (tertiary/aromatic N) is 2. The molecule has 1 aliphatic rings. The monoisotopic (exact) mass is 368 g/mol. The maximum Gasteiger partial charge on any atom is 0.287 e. The Balaban J connectivity index is 1.76. The van der Waals surface area contributed by atoms with Crippen LogP contribution >= 0.6 is 0 Å². The summed E-state index contributed by atoms with van der Waals surface area (Å²) in [5.74, 6) is 0.293. The van der Waals surface area contributed by atoms with Gasteiger partial charge >= 0.3 is 0 Å². The second-order valence-electron chi connectivity index (χ2n) is 7.61. The molecule has 6 nitrogen and oxygen atoms in total. The normalized spacial score (nSPS) is 13.3. The van der Waals surface area contributed by atoms with Gasteiger partial charge in [0, 0.05) is 19.6 Å². The van der Waals surface area contributed by atoms with Crippen molar-refractivity contribution in [2.45, 2.75) is 53.1 Å². The predicted molar refractivity (Wildman–Crippen MR) is 105 cm³/mol. The highest BCUT2D eigenvalue weighted by atomic mass is 16.2. The molecule has 2 heterocycles. The van der Waals surface area contributed by atoms with Crippen molar-refractivity contribution in [1.82, 2.24) is 20.2 Å². The standard InChI is InChI=1S/C21H28N4O2/c1-14(2)12-22-21(27)19-24-18(17-6-4-5-11-25(17)19)20(26)23-13-16-9-7-15(3)8-10-16/h7-10,14H,4-6,11-13H2,1-3H3,(H,22,27)(H,23,26). The van der Waals surface area contributed by atoms with Crippen LogP contribution in [0, 0.1) is 12.8 Å². The lowest BCUT2D eigenvalue weighted by Gasteiger charge is -2.17. The summed E-state index contributed by atoms with van der Waals surface area (Å²) in [4.78, 5) is 29.7. The number of aryl methyl sites for hydroxylation is 1. The maximum absolute atomic E-state index is 12.7. The molecule has 1 aromatic heterocycles. The summed E-state index contributed by atoms with van der Waals surface area (Å²) in [6.45, 7) is 7.90. The first kappa shape index (κ1) is 19.1. The highest BCUT2D eigenvalue weighted by Gasteiger charge is 2.27. The molecule has 0 fully saturated rings. The molecule has 1 aromatic carbocycles. The van der Waals surface area contributed by atoms with Gasteiger partial charge in [-0.1, -0.05) is 43.7 Å². The zero-order chi connectivity index (χ0) is 19.4. The number of imidazole rings is 1. The van der Waals surface area contributed by atoms with Gasteiger partial charge in [0.15, 0.2) is 5.82 Å². The van der Waals surface area contributed by atoms with E-state index in [-0.39, 0.29) is 11.8 Å².